The predicted molar refractivity (Wildman–Crippen MR) is 171 cm³/mol. The molecule has 0 aliphatic heterocycles. The minimum absolute atomic E-state index is 0. The molecule has 0 atom stereocenters. The first-order chi connectivity index (χ1) is 23.3. The summed E-state index contributed by atoms with van der Waals surface area (Å²) in [7, 11) is 1.57. The van der Waals surface area contributed by atoms with E-state index in [-0.39, 0.29) is 49.2 Å². The summed E-state index contributed by atoms with van der Waals surface area (Å²) < 4.78 is 99.6. The number of ether oxygens (including phenoxy) is 2. The van der Waals surface area contributed by atoms with E-state index in [0.717, 1.165) is 53.3 Å². The largest absolute Gasteiger partial charge is 2.00 e. The topological polar surface area (TPSA) is 54.1 Å². The van der Waals surface area contributed by atoms with Crippen molar-refractivity contribution in [1.82, 2.24) is 19.3 Å². The minimum Gasteiger partial charge on any atom is -0.509 e. The maximum atomic E-state index is 14.2. The Labute approximate surface area is 296 Å². The van der Waals surface area contributed by atoms with Crippen LogP contribution in [0.25, 0.3) is 44.4 Å². The van der Waals surface area contributed by atoms with Crippen molar-refractivity contribution < 1.29 is 56.9 Å². The van der Waals surface area contributed by atoms with Gasteiger partial charge in [0.1, 0.15) is 11.6 Å². The van der Waals surface area contributed by atoms with Gasteiger partial charge in [0.2, 0.25) is 0 Å². The monoisotopic (exact) mass is 865 g/mol. The SMILES string of the molecule is COc1ccnc(-n2c3[c-]c(Oc4[c-]c(-n5cc(-c6c(C(F)(F)F)c(C)cc(C)c6C(F)(F)F)cn5)ccc4)ccc3c3ccccc32)c1.[Pt+2]. The Morgan fingerprint density at radius 1 is 0.760 bits per heavy atom. The smallest absolute Gasteiger partial charge is 0.509 e. The van der Waals surface area contributed by atoms with E-state index in [1.54, 1.807) is 49.7 Å². The summed E-state index contributed by atoms with van der Waals surface area (Å²) in [6.45, 7) is 2.28. The van der Waals surface area contributed by atoms with Crippen LogP contribution >= 0.6 is 0 Å². The van der Waals surface area contributed by atoms with Gasteiger partial charge in [-0.15, -0.1) is 35.7 Å². The van der Waals surface area contributed by atoms with Crippen molar-refractivity contribution in [3.8, 4) is 39.9 Å². The fourth-order valence-electron chi connectivity index (χ4n) is 6.16. The zero-order valence-electron chi connectivity index (χ0n) is 26.3. The first kappa shape index (κ1) is 34.8. The van der Waals surface area contributed by atoms with Gasteiger partial charge in [-0.3, -0.25) is 4.68 Å². The van der Waals surface area contributed by atoms with Crippen LogP contribution in [0, 0.1) is 26.0 Å². The molecule has 0 aliphatic rings. The average molecular weight is 866 g/mol. The number of aryl methyl sites for hydroxylation is 2. The van der Waals surface area contributed by atoms with Gasteiger partial charge in [-0.1, -0.05) is 29.8 Å². The van der Waals surface area contributed by atoms with Gasteiger partial charge in [0.25, 0.3) is 0 Å². The van der Waals surface area contributed by atoms with Crippen LogP contribution in [0.2, 0.25) is 0 Å². The third-order valence-corrected chi connectivity index (χ3v) is 8.12. The van der Waals surface area contributed by atoms with Crippen LogP contribution in [0.4, 0.5) is 26.3 Å². The van der Waals surface area contributed by atoms with Crippen LogP contribution in [0.3, 0.4) is 0 Å². The number of alkyl halides is 6. The van der Waals surface area contributed by atoms with Gasteiger partial charge in [-0.25, -0.2) is 4.98 Å². The van der Waals surface area contributed by atoms with Crippen molar-refractivity contribution in [1.29, 1.82) is 0 Å². The number of aromatic nitrogens is 4. The standard InChI is InChI=1S/C37H24F6N4O2.Pt/c1-21-15-22(2)35(37(41,42)43)33(34(21)36(38,39)40)23-19-45-46(20-23)24-7-6-8-26(16-24)49-27-11-12-29-28-9-4-5-10-30(28)47(31(29)17-27)32-18-25(48-3)13-14-44-32;/h4-15,18-20H,1-3H3;/q-2;+2. The van der Waals surface area contributed by atoms with Crippen molar-refractivity contribution in [2.45, 2.75) is 26.2 Å². The van der Waals surface area contributed by atoms with Gasteiger partial charge in [-0.05, 0) is 48.2 Å². The summed E-state index contributed by atoms with van der Waals surface area (Å²) in [6.07, 6.45) is -6.34. The van der Waals surface area contributed by atoms with E-state index in [1.807, 2.05) is 34.9 Å². The van der Waals surface area contributed by atoms with Crippen LogP contribution in [-0.2, 0) is 33.4 Å². The molecule has 0 radical (unpaired) electrons. The molecule has 7 aromatic rings. The molecular formula is C37H24F6N4O2Pt. The normalized spacial score (nSPS) is 11.9. The number of methoxy groups -OCH3 is 1. The molecule has 0 fully saturated rings. The number of benzene rings is 4. The van der Waals surface area contributed by atoms with Crippen molar-refractivity contribution in [2.24, 2.45) is 0 Å². The number of halogens is 6. The fraction of sp³-hybridized carbons (Fsp3) is 0.135. The molecule has 256 valence electrons. The molecule has 0 N–H and O–H groups in total. The zero-order chi connectivity index (χ0) is 34.7. The molecule has 0 unspecified atom stereocenters. The molecular weight excluding hydrogens is 841 g/mol. The molecule has 0 saturated heterocycles. The van der Waals surface area contributed by atoms with Crippen LogP contribution in [0.1, 0.15) is 22.3 Å². The van der Waals surface area contributed by atoms with Gasteiger partial charge in [0, 0.05) is 46.6 Å². The van der Waals surface area contributed by atoms with Crippen molar-refractivity contribution in [2.75, 3.05) is 7.11 Å². The van der Waals surface area contributed by atoms with Crippen molar-refractivity contribution >= 4 is 21.8 Å². The van der Waals surface area contributed by atoms with Crippen LogP contribution in [0.15, 0.2) is 91.4 Å². The molecule has 0 spiro atoms. The molecule has 0 saturated carbocycles. The van der Waals surface area contributed by atoms with E-state index in [0.29, 0.717) is 22.8 Å². The van der Waals surface area contributed by atoms with Gasteiger partial charge in [0.15, 0.2) is 0 Å². The van der Waals surface area contributed by atoms with Gasteiger partial charge >= 0.3 is 33.4 Å². The summed E-state index contributed by atoms with van der Waals surface area (Å²) in [5, 5.41) is 5.98. The second-order valence-corrected chi connectivity index (χ2v) is 11.3. The molecule has 13 heteroatoms. The molecule has 7 rings (SSSR count). The van der Waals surface area contributed by atoms with Crippen molar-refractivity contribution in [3.05, 3.63) is 126 Å². The van der Waals surface area contributed by atoms with E-state index >= 15 is 0 Å². The zero-order valence-corrected chi connectivity index (χ0v) is 28.6. The number of para-hydroxylation sites is 1. The maximum Gasteiger partial charge on any atom is 2.00 e. The number of hydrogen-bond acceptors (Lipinski definition) is 4. The van der Waals surface area contributed by atoms with E-state index < -0.39 is 29.0 Å². The Morgan fingerprint density at radius 3 is 2.16 bits per heavy atom. The van der Waals surface area contributed by atoms with Crippen LogP contribution < -0.4 is 9.47 Å². The second-order valence-electron chi connectivity index (χ2n) is 11.3. The molecule has 3 heterocycles. The van der Waals surface area contributed by atoms with Crippen LogP contribution in [-0.4, -0.2) is 26.4 Å². The summed E-state index contributed by atoms with van der Waals surface area (Å²) >= 11 is 0. The average Bonchev–Trinajstić information content (AvgIpc) is 3.67. The second kappa shape index (κ2) is 13.0. The summed E-state index contributed by atoms with van der Waals surface area (Å²) in [4.78, 5) is 4.54. The summed E-state index contributed by atoms with van der Waals surface area (Å²) in [5.41, 5.74) is -2.89. The molecule has 3 aromatic heterocycles. The Hall–Kier alpha value is -5.09. The Bertz CT molecular complexity index is 2340. The molecule has 0 amide bonds. The number of pyridine rings is 1. The minimum atomic E-state index is -5.04. The maximum absolute atomic E-state index is 14.2. The molecule has 0 aliphatic carbocycles. The molecule has 50 heavy (non-hydrogen) atoms. The van der Waals surface area contributed by atoms with E-state index in [9.17, 15) is 26.3 Å². The first-order valence-electron chi connectivity index (χ1n) is 14.8. The quantitative estimate of drug-likeness (QED) is 0.123. The van der Waals surface area contributed by atoms with E-state index in [4.69, 9.17) is 9.47 Å². The molecule has 4 aromatic carbocycles. The van der Waals surface area contributed by atoms with Crippen molar-refractivity contribution in [3.63, 3.8) is 0 Å². The predicted octanol–water partition coefficient (Wildman–Crippen LogP) is 10.1. The Morgan fingerprint density at radius 2 is 1.46 bits per heavy atom. The summed E-state index contributed by atoms with van der Waals surface area (Å²) in [6, 6.07) is 27.0. The Balaban J connectivity index is 0.00000432. The third kappa shape index (κ3) is 6.24. The number of nitrogens with zero attached hydrogens (tertiary/aromatic N) is 4. The van der Waals surface area contributed by atoms with Gasteiger partial charge in [-0.2, -0.15) is 43.6 Å². The summed E-state index contributed by atoms with van der Waals surface area (Å²) in [5.74, 6) is 1.77. The number of fused-ring (bicyclic) bond motifs is 3. The fourth-order valence-corrected chi connectivity index (χ4v) is 6.16. The van der Waals surface area contributed by atoms with Gasteiger partial charge < -0.3 is 14.0 Å². The molecule has 0 bridgehead atoms. The van der Waals surface area contributed by atoms with E-state index in [2.05, 4.69) is 22.2 Å². The molecule has 6 nitrogen and oxygen atoms in total. The third-order valence-electron chi connectivity index (χ3n) is 8.12. The Kier molecular flexibility index (Phi) is 9.03. The number of rotatable bonds is 6. The van der Waals surface area contributed by atoms with Gasteiger partial charge in [0.05, 0.1) is 24.4 Å². The van der Waals surface area contributed by atoms with Crippen LogP contribution in [0.5, 0.6) is 17.2 Å². The number of hydrogen-bond donors (Lipinski definition) is 0. The first-order valence-corrected chi connectivity index (χ1v) is 14.8. The van der Waals surface area contributed by atoms with E-state index in [1.165, 1.54) is 0 Å².